The molecule has 0 spiro atoms. The van der Waals surface area contributed by atoms with Gasteiger partial charge in [0.25, 0.3) is 11.5 Å². The molecule has 2 aromatic heterocycles. The third-order valence-electron chi connectivity index (χ3n) is 3.92. The van der Waals surface area contributed by atoms with Gasteiger partial charge in [-0.1, -0.05) is 13.8 Å². The van der Waals surface area contributed by atoms with E-state index in [1.54, 1.807) is 0 Å². The number of carbonyl (C=O) groups is 2. The van der Waals surface area contributed by atoms with E-state index in [1.165, 1.54) is 19.4 Å². The molecule has 1 amide bonds. The minimum Gasteiger partial charge on any atom is -0.469 e. The maximum absolute atomic E-state index is 12.4. The van der Waals surface area contributed by atoms with Gasteiger partial charge in [0.1, 0.15) is 12.2 Å². The minimum atomic E-state index is -0.504. The molecule has 8 nitrogen and oxygen atoms in total. The molecule has 0 aromatic carbocycles. The average molecular weight is 347 g/mol. The highest BCUT2D eigenvalue weighted by molar-refractivity contribution is 5.96. The van der Waals surface area contributed by atoms with Crippen LogP contribution in [0.15, 0.2) is 21.5 Å². The lowest BCUT2D eigenvalue weighted by Gasteiger charge is -2.11. The van der Waals surface area contributed by atoms with Crippen LogP contribution in [0.5, 0.6) is 0 Å². The van der Waals surface area contributed by atoms with Gasteiger partial charge in [0.15, 0.2) is 0 Å². The Hall–Kier alpha value is -2.90. The fourth-order valence-electron chi connectivity index (χ4n) is 2.61. The molecule has 25 heavy (non-hydrogen) atoms. The Labute approximate surface area is 144 Å². The number of ether oxygens (including phenoxy) is 1. The number of hydrogen-bond acceptors (Lipinski definition) is 6. The molecule has 0 aliphatic heterocycles. The molecule has 0 aliphatic rings. The largest absolute Gasteiger partial charge is 0.469 e. The molecule has 134 valence electrons. The molecule has 2 heterocycles. The van der Waals surface area contributed by atoms with Crippen LogP contribution in [-0.4, -0.2) is 29.2 Å². The van der Waals surface area contributed by atoms with E-state index in [2.05, 4.69) is 20.3 Å². The molecule has 8 heteroatoms. The van der Waals surface area contributed by atoms with Crippen molar-refractivity contribution < 1.29 is 18.7 Å². The average Bonchev–Trinajstić information content (AvgIpc) is 3.07. The highest BCUT2D eigenvalue weighted by atomic mass is 16.5. The summed E-state index contributed by atoms with van der Waals surface area (Å²) in [6.07, 6.45) is 2.53. The van der Waals surface area contributed by atoms with E-state index in [4.69, 9.17) is 4.42 Å². The number of nitrogens with one attached hydrogen (secondary N) is 2. The first kappa shape index (κ1) is 18.4. The normalized spacial score (nSPS) is 10.5. The number of furan rings is 1. The summed E-state index contributed by atoms with van der Waals surface area (Å²) in [7, 11) is 1.26. The molecule has 0 unspecified atom stereocenters. The Morgan fingerprint density at radius 3 is 2.68 bits per heavy atom. The lowest BCUT2D eigenvalue weighted by molar-refractivity contribution is -0.140. The summed E-state index contributed by atoms with van der Waals surface area (Å²) < 4.78 is 9.75. The smallest absolute Gasteiger partial charge is 0.313 e. The molecule has 0 aliphatic carbocycles. The van der Waals surface area contributed by atoms with Crippen molar-refractivity contribution in [3.8, 4) is 0 Å². The van der Waals surface area contributed by atoms with Gasteiger partial charge in [0.2, 0.25) is 0 Å². The van der Waals surface area contributed by atoms with Crippen LogP contribution in [0.4, 0.5) is 0 Å². The van der Waals surface area contributed by atoms with Crippen LogP contribution in [0.25, 0.3) is 0 Å². The second-order valence-corrected chi connectivity index (χ2v) is 5.36. The highest BCUT2D eigenvalue weighted by Crippen LogP contribution is 2.13. The molecule has 0 fully saturated rings. The molecule has 2 rings (SSSR count). The number of H-pyrrole nitrogens is 1. The lowest BCUT2D eigenvalue weighted by Crippen LogP contribution is -2.29. The maximum atomic E-state index is 12.4. The number of carbonyl (C=O) groups excluding carboxylic acids is 2. The quantitative estimate of drug-likeness (QED) is 0.726. The molecule has 2 aromatic rings. The molecular formula is C17H21N3O5. The lowest BCUT2D eigenvalue weighted by atomic mass is 10.0. The second-order valence-electron chi connectivity index (χ2n) is 5.36. The molecule has 0 atom stereocenters. The van der Waals surface area contributed by atoms with Gasteiger partial charge in [0, 0.05) is 12.1 Å². The first-order valence-electron chi connectivity index (χ1n) is 8.02. The fourth-order valence-corrected chi connectivity index (χ4v) is 2.61. The number of hydrogen-bond donors (Lipinski definition) is 2. The Morgan fingerprint density at radius 1 is 1.28 bits per heavy atom. The van der Waals surface area contributed by atoms with Gasteiger partial charge >= 0.3 is 5.97 Å². The van der Waals surface area contributed by atoms with Crippen LogP contribution >= 0.6 is 0 Å². The Morgan fingerprint density at radius 2 is 2.04 bits per heavy atom. The van der Waals surface area contributed by atoms with Crippen molar-refractivity contribution in [1.82, 2.24) is 15.5 Å². The van der Waals surface area contributed by atoms with Crippen LogP contribution in [0, 0.1) is 0 Å². The molecule has 0 saturated heterocycles. The minimum absolute atomic E-state index is 0.0652. The summed E-state index contributed by atoms with van der Waals surface area (Å²) in [5.41, 5.74) is 2.05. The van der Waals surface area contributed by atoms with E-state index in [1.807, 2.05) is 13.8 Å². The van der Waals surface area contributed by atoms with Crippen molar-refractivity contribution in [1.29, 1.82) is 0 Å². The van der Waals surface area contributed by atoms with E-state index in [-0.39, 0.29) is 29.8 Å². The van der Waals surface area contributed by atoms with Gasteiger partial charge in [-0.3, -0.25) is 14.4 Å². The van der Waals surface area contributed by atoms with Gasteiger partial charge in [-0.2, -0.15) is 5.10 Å². The topological polar surface area (TPSA) is 114 Å². The molecule has 0 radical (unpaired) electrons. The monoisotopic (exact) mass is 347 g/mol. The summed E-state index contributed by atoms with van der Waals surface area (Å²) in [5.74, 6) is -0.711. The fraction of sp³-hybridized carbons (Fsp3) is 0.412. The van der Waals surface area contributed by atoms with E-state index in [0.717, 1.165) is 11.3 Å². The van der Waals surface area contributed by atoms with Crippen molar-refractivity contribution in [3.05, 3.63) is 50.8 Å². The van der Waals surface area contributed by atoms with Crippen molar-refractivity contribution in [2.24, 2.45) is 0 Å². The van der Waals surface area contributed by atoms with Crippen LogP contribution < -0.4 is 10.9 Å². The number of aromatic amines is 1. The van der Waals surface area contributed by atoms with Crippen molar-refractivity contribution in [3.63, 3.8) is 0 Å². The predicted octanol–water partition coefficient (Wildman–Crippen LogP) is 1.13. The maximum Gasteiger partial charge on any atom is 0.313 e. The van der Waals surface area contributed by atoms with Gasteiger partial charge < -0.3 is 14.5 Å². The zero-order chi connectivity index (χ0) is 18.4. The number of nitrogens with zero attached hydrogens (tertiary/aromatic N) is 1. The summed E-state index contributed by atoms with van der Waals surface area (Å²) in [6.45, 7) is 3.95. The number of aryl methyl sites for hydroxylation is 1. The van der Waals surface area contributed by atoms with Crippen LogP contribution in [0.2, 0.25) is 0 Å². The highest BCUT2D eigenvalue weighted by Gasteiger charge is 2.19. The summed E-state index contributed by atoms with van der Waals surface area (Å²) in [5, 5.41) is 9.21. The Balaban J connectivity index is 2.18. The standard InChI is InChI=1S/C17H21N3O5/c1-4-10-12(17(23)20-19-13(10)5-2)9-18-16(22)11-6-7-25-14(11)8-15(21)24-3/h6-7H,4-5,8-9H2,1-3H3,(H,18,22)(H,20,23). The predicted molar refractivity (Wildman–Crippen MR) is 89.2 cm³/mol. The second kappa shape index (κ2) is 8.27. The molecule has 2 N–H and O–H groups in total. The van der Waals surface area contributed by atoms with E-state index < -0.39 is 11.9 Å². The van der Waals surface area contributed by atoms with E-state index in [0.29, 0.717) is 18.4 Å². The number of amides is 1. The summed E-state index contributed by atoms with van der Waals surface area (Å²) in [6, 6.07) is 1.47. The van der Waals surface area contributed by atoms with Crippen LogP contribution in [-0.2, 0) is 35.3 Å². The van der Waals surface area contributed by atoms with Crippen molar-refractivity contribution in [2.45, 2.75) is 39.7 Å². The van der Waals surface area contributed by atoms with Crippen LogP contribution in [0.1, 0.15) is 46.8 Å². The van der Waals surface area contributed by atoms with Crippen LogP contribution in [0.3, 0.4) is 0 Å². The number of aromatic nitrogens is 2. The summed E-state index contributed by atoms with van der Waals surface area (Å²) >= 11 is 0. The number of rotatable bonds is 7. The van der Waals surface area contributed by atoms with E-state index >= 15 is 0 Å². The first-order chi connectivity index (χ1) is 12.0. The van der Waals surface area contributed by atoms with Gasteiger partial charge in [0.05, 0.1) is 24.6 Å². The third-order valence-corrected chi connectivity index (χ3v) is 3.92. The third kappa shape index (κ3) is 4.14. The van der Waals surface area contributed by atoms with Gasteiger partial charge in [-0.05, 0) is 24.5 Å². The number of methoxy groups -OCH3 is 1. The first-order valence-corrected chi connectivity index (χ1v) is 8.02. The van der Waals surface area contributed by atoms with Crippen molar-refractivity contribution in [2.75, 3.05) is 7.11 Å². The number of esters is 1. The Bertz CT molecular complexity index is 822. The Kier molecular flexibility index (Phi) is 6.10. The van der Waals surface area contributed by atoms with Crippen molar-refractivity contribution >= 4 is 11.9 Å². The molecule has 0 saturated carbocycles. The van der Waals surface area contributed by atoms with Gasteiger partial charge in [-0.15, -0.1) is 0 Å². The zero-order valence-electron chi connectivity index (χ0n) is 14.5. The molecular weight excluding hydrogens is 326 g/mol. The SMILES string of the molecule is CCc1n[nH]c(=O)c(CNC(=O)c2ccoc2CC(=O)OC)c1CC. The zero-order valence-corrected chi connectivity index (χ0v) is 14.5. The van der Waals surface area contributed by atoms with Gasteiger partial charge in [-0.25, -0.2) is 5.10 Å². The molecule has 0 bridgehead atoms. The van der Waals surface area contributed by atoms with E-state index in [9.17, 15) is 14.4 Å². The summed E-state index contributed by atoms with van der Waals surface area (Å²) in [4.78, 5) is 35.8.